The van der Waals surface area contributed by atoms with Gasteiger partial charge in [0.25, 0.3) is 0 Å². The van der Waals surface area contributed by atoms with Crippen LogP contribution in [0.5, 0.6) is 5.75 Å². The molecule has 1 aliphatic heterocycles. The standard InChI is InChI=1S/C19H29N3O2S/c1-14(2)24-17-7-5-15(6-8-17)12-20-18(25)22-21-13-16-9-10-23-19(3,4)11-16/h5-8,13-14,16H,9-12H2,1-4H3,(H2,20,22,25). The monoisotopic (exact) mass is 363 g/mol. The molecule has 0 amide bonds. The van der Waals surface area contributed by atoms with Crippen molar-refractivity contribution in [1.82, 2.24) is 10.7 Å². The summed E-state index contributed by atoms with van der Waals surface area (Å²) < 4.78 is 11.3. The van der Waals surface area contributed by atoms with E-state index in [0.717, 1.165) is 30.8 Å². The number of hydrazone groups is 1. The van der Waals surface area contributed by atoms with Gasteiger partial charge in [-0.25, -0.2) is 0 Å². The van der Waals surface area contributed by atoms with E-state index in [4.69, 9.17) is 21.7 Å². The Morgan fingerprint density at radius 3 is 2.76 bits per heavy atom. The highest BCUT2D eigenvalue weighted by Gasteiger charge is 2.27. The molecule has 138 valence electrons. The minimum Gasteiger partial charge on any atom is -0.491 e. The van der Waals surface area contributed by atoms with Crippen LogP contribution in [0.2, 0.25) is 0 Å². The number of thiocarbonyl (C=S) groups is 1. The molecule has 1 saturated heterocycles. The van der Waals surface area contributed by atoms with Crippen LogP contribution in [0, 0.1) is 5.92 Å². The summed E-state index contributed by atoms with van der Waals surface area (Å²) in [5.74, 6) is 1.30. The lowest BCUT2D eigenvalue weighted by Crippen LogP contribution is -2.35. The second-order valence-electron chi connectivity index (χ2n) is 7.24. The Morgan fingerprint density at radius 1 is 1.40 bits per heavy atom. The van der Waals surface area contributed by atoms with Crippen molar-refractivity contribution in [2.24, 2.45) is 11.0 Å². The summed E-state index contributed by atoms with van der Waals surface area (Å²) in [6.07, 6.45) is 4.10. The van der Waals surface area contributed by atoms with E-state index in [1.54, 1.807) is 0 Å². The Balaban J connectivity index is 1.71. The highest BCUT2D eigenvalue weighted by Crippen LogP contribution is 2.27. The van der Waals surface area contributed by atoms with Gasteiger partial charge >= 0.3 is 0 Å². The van der Waals surface area contributed by atoms with Crippen LogP contribution in [0.4, 0.5) is 0 Å². The maximum atomic E-state index is 5.71. The third kappa shape index (κ3) is 7.40. The maximum Gasteiger partial charge on any atom is 0.187 e. The zero-order chi connectivity index (χ0) is 18.3. The second-order valence-corrected chi connectivity index (χ2v) is 7.65. The molecule has 0 radical (unpaired) electrons. The number of nitrogens with zero attached hydrogens (tertiary/aromatic N) is 1. The van der Waals surface area contributed by atoms with Crippen molar-refractivity contribution in [3.63, 3.8) is 0 Å². The van der Waals surface area contributed by atoms with E-state index < -0.39 is 0 Å². The van der Waals surface area contributed by atoms with Crippen molar-refractivity contribution < 1.29 is 9.47 Å². The minimum atomic E-state index is -0.0703. The number of hydrogen-bond acceptors (Lipinski definition) is 4. The average Bonchev–Trinajstić information content (AvgIpc) is 2.53. The zero-order valence-corrected chi connectivity index (χ0v) is 16.4. The summed E-state index contributed by atoms with van der Waals surface area (Å²) in [7, 11) is 0. The number of benzene rings is 1. The van der Waals surface area contributed by atoms with Crippen LogP contribution in [-0.2, 0) is 11.3 Å². The molecule has 1 heterocycles. The van der Waals surface area contributed by atoms with Gasteiger partial charge in [-0.2, -0.15) is 5.10 Å². The van der Waals surface area contributed by atoms with Gasteiger partial charge in [0, 0.05) is 25.3 Å². The first-order valence-electron chi connectivity index (χ1n) is 8.81. The first-order valence-corrected chi connectivity index (χ1v) is 9.21. The van der Waals surface area contributed by atoms with Crippen molar-refractivity contribution in [2.45, 2.75) is 58.8 Å². The van der Waals surface area contributed by atoms with Gasteiger partial charge in [-0.1, -0.05) is 12.1 Å². The van der Waals surface area contributed by atoms with Gasteiger partial charge in [0.05, 0.1) is 11.7 Å². The number of nitrogens with one attached hydrogen (secondary N) is 2. The van der Waals surface area contributed by atoms with Gasteiger partial charge in [0.1, 0.15) is 5.75 Å². The van der Waals surface area contributed by atoms with Crippen LogP contribution in [0.1, 0.15) is 46.1 Å². The fraction of sp³-hybridized carbons (Fsp3) is 0.579. The molecule has 1 fully saturated rings. The molecule has 0 aliphatic carbocycles. The largest absolute Gasteiger partial charge is 0.491 e. The van der Waals surface area contributed by atoms with Crippen LogP contribution in [0.3, 0.4) is 0 Å². The first-order chi connectivity index (χ1) is 11.8. The van der Waals surface area contributed by atoms with Gasteiger partial charge in [-0.3, -0.25) is 5.43 Å². The molecule has 6 heteroatoms. The van der Waals surface area contributed by atoms with Crippen molar-refractivity contribution in [3.05, 3.63) is 29.8 Å². The molecule has 1 atom stereocenters. The molecule has 2 rings (SSSR count). The Labute approximate surface area is 156 Å². The van der Waals surface area contributed by atoms with Gasteiger partial charge in [0.15, 0.2) is 5.11 Å². The molecule has 0 spiro atoms. The summed E-state index contributed by atoms with van der Waals surface area (Å²) in [6, 6.07) is 8.00. The van der Waals surface area contributed by atoms with Gasteiger partial charge in [-0.05, 0) is 70.5 Å². The highest BCUT2D eigenvalue weighted by atomic mass is 32.1. The van der Waals surface area contributed by atoms with Crippen LogP contribution in [0.25, 0.3) is 0 Å². The average molecular weight is 364 g/mol. The Kier molecular flexibility index (Phi) is 7.20. The molecule has 0 bridgehead atoms. The Bertz CT molecular complexity index is 585. The van der Waals surface area contributed by atoms with Gasteiger partial charge < -0.3 is 14.8 Å². The topological polar surface area (TPSA) is 54.9 Å². The first kappa shape index (κ1) is 19.7. The molecule has 2 N–H and O–H groups in total. The Hall–Kier alpha value is -1.66. The minimum absolute atomic E-state index is 0.0703. The predicted molar refractivity (Wildman–Crippen MR) is 106 cm³/mol. The molecule has 0 saturated carbocycles. The van der Waals surface area contributed by atoms with Crippen LogP contribution in [0.15, 0.2) is 29.4 Å². The summed E-state index contributed by atoms with van der Waals surface area (Å²) in [5.41, 5.74) is 3.95. The number of hydrogen-bond donors (Lipinski definition) is 2. The SMILES string of the molecule is CC(C)Oc1ccc(CNC(=S)NN=CC2CCOC(C)(C)C2)cc1. The molecule has 25 heavy (non-hydrogen) atoms. The summed E-state index contributed by atoms with van der Waals surface area (Å²) in [5, 5.41) is 7.94. The lowest BCUT2D eigenvalue weighted by Gasteiger charge is -2.33. The predicted octanol–water partition coefficient (Wildman–Crippen LogP) is 3.63. The Morgan fingerprint density at radius 2 is 2.12 bits per heavy atom. The number of ether oxygens (including phenoxy) is 2. The van der Waals surface area contributed by atoms with Crippen LogP contribution in [-0.4, -0.2) is 29.6 Å². The van der Waals surface area contributed by atoms with Gasteiger partial charge in [-0.15, -0.1) is 0 Å². The summed E-state index contributed by atoms with van der Waals surface area (Å²) in [4.78, 5) is 0. The van der Waals surface area contributed by atoms with Crippen molar-refractivity contribution in [2.75, 3.05) is 6.61 Å². The van der Waals surface area contributed by atoms with E-state index >= 15 is 0 Å². The normalized spacial score (nSPS) is 19.8. The van der Waals surface area contributed by atoms with Crippen molar-refractivity contribution in [3.8, 4) is 5.75 Å². The molecule has 5 nitrogen and oxygen atoms in total. The fourth-order valence-electron chi connectivity index (χ4n) is 2.79. The van der Waals surface area contributed by atoms with E-state index in [1.807, 2.05) is 44.3 Å². The molecule has 1 aromatic rings. The van der Waals surface area contributed by atoms with E-state index in [-0.39, 0.29) is 11.7 Å². The summed E-state index contributed by atoms with van der Waals surface area (Å²) in [6.45, 7) is 9.69. The molecule has 0 aromatic heterocycles. The smallest absolute Gasteiger partial charge is 0.187 e. The third-order valence-corrected chi connectivity index (χ3v) is 4.17. The maximum absolute atomic E-state index is 5.71. The second kappa shape index (κ2) is 9.15. The number of rotatable bonds is 6. The van der Waals surface area contributed by atoms with E-state index in [9.17, 15) is 0 Å². The quantitative estimate of drug-likeness (QED) is 0.459. The van der Waals surface area contributed by atoms with Crippen molar-refractivity contribution >= 4 is 23.5 Å². The fourth-order valence-corrected chi connectivity index (χ4v) is 2.91. The zero-order valence-electron chi connectivity index (χ0n) is 15.5. The lowest BCUT2D eigenvalue weighted by atomic mass is 9.89. The van der Waals surface area contributed by atoms with E-state index in [2.05, 4.69) is 29.7 Å². The molecular formula is C19H29N3O2S. The highest BCUT2D eigenvalue weighted by molar-refractivity contribution is 7.80. The molecule has 1 unspecified atom stereocenters. The van der Waals surface area contributed by atoms with Crippen LogP contribution < -0.4 is 15.5 Å². The molecule has 1 aromatic carbocycles. The van der Waals surface area contributed by atoms with E-state index in [1.165, 1.54) is 0 Å². The summed E-state index contributed by atoms with van der Waals surface area (Å²) >= 11 is 5.26. The third-order valence-electron chi connectivity index (χ3n) is 3.93. The lowest BCUT2D eigenvalue weighted by molar-refractivity contribution is -0.0608. The van der Waals surface area contributed by atoms with Crippen molar-refractivity contribution in [1.29, 1.82) is 0 Å². The molecule has 1 aliphatic rings. The van der Waals surface area contributed by atoms with Gasteiger partial charge in [0.2, 0.25) is 0 Å². The van der Waals surface area contributed by atoms with Crippen LogP contribution >= 0.6 is 12.2 Å². The molecular weight excluding hydrogens is 334 g/mol. The van der Waals surface area contributed by atoms with E-state index in [0.29, 0.717) is 17.6 Å².